The van der Waals surface area contributed by atoms with Gasteiger partial charge in [-0.25, -0.2) is 0 Å². The van der Waals surface area contributed by atoms with Gasteiger partial charge >= 0.3 is 0 Å². The Balaban J connectivity index is 2.88. The van der Waals surface area contributed by atoms with Crippen molar-refractivity contribution in [3.63, 3.8) is 0 Å². The fraction of sp³-hybridized carbons (Fsp3) is 0.545. The van der Waals surface area contributed by atoms with E-state index in [0.717, 1.165) is 6.42 Å². The molecule has 0 aromatic carbocycles. The average Bonchev–Trinajstić information content (AvgIpc) is 2.16. The van der Waals surface area contributed by atoms with Crippen molar-refractivity contribution in [1.82, 2.24) is 4.98 Å². The second-order valence-electron chi connectivity index (χ2n) is 3.45. The first kappa shape index (κ1) is 10.5. The molecule has 1 nitrogen and oxygen atoms in total. The van der Waals surface area contributed by atoms with Crippen molar-refractivity contribution in [1.29, 1.82) is 0 Å². The molecule has 0 amide bonds. The molecule has 0 spiro atoms. The van der Waals surface area contributed by atoms with Crippen molar-refractivity contribution in [3.05, 3.63) is 29.6 Å². The Kier molecular flexibility index (Phi) is 3.73. The van der Waals surface area contributed by atoms with Crippen molar-refractivity contribution >= 4 is 11.6 Å². The summed E-state index contributed by atoms with van der Waals surface area (Å²) in [5, 5.41) is 0.223. The van der Waals surface area contributed by atoms with Crippen LogP contribution in [0.15, 0.2) is 18.5 Å². The first-order valence-corrected chi connectivity index (χ1v) is 5.15. The highest BCUT2D eigenvalue weighted by atomic mass is 35.5. The first-order chi connectivity index (χ1) is 6.16. The summed E-state index contributed by atoms with van der Waals surface area (Å²) in [6, 6.07) is 2.06. The van der Waals surface area contributed by atoms with E-state index in [4.69, 9.17) is 11.6 Å². The summed E-state index contributed by atoms with van der Waals surface area (Å²) < 4.78 is 0. The third-order valence-electron chi connectivity index (χ3n) is 2.49. The molecule has 0 fully saturated rings. The number of rotatable bonds is 3. The Labute approximate surface area is 85.1 Å². The molecule has 0 bridgehead atoms. The average molecular weight is 198 g/mol. The molecule has 0 aliphatic rings. The molecule has 1 rings (SSSR count). The molecule has 0 radical (unpaired) electrons. The van der Waals surface area contributed by atoms with Crippen molar-refractivity contribution < 1.29 is 0 Å². The zero-order chi connectivity index (χ0) is 9.84. The van der Waals surface area contributed by atoms with Crippen molar-refractivity contribution in [2.75, 3.05) is 0 Å². The van der Waals surface area contributed by atoms with E-state index in [1.165, 1.54) is 11.1 Å². The molecule has 2 unspecified atom stereocenters. The number of pyridine rings is 1. The SMILES string of the molecule is CCC(Cl)C(C)c1ccncc1C. The lowest BCUT2D eigenvalue weighted by Gasteiger charge is -2.18. The molecule has 0 aliphatic heterocycles. The molecule has 0 saturated heterocycles. The quantitative estimate of drug-likeness (QED) is 0.676. The zero-order valence-corrected chi connectivity index (χ0v) is 9.17. The van der Waals surface area contributed by atoms with Gasteiger partial charge in [-0.1, -0.05) is 13.8 Å². The van der Waals surface area contributed by atoms with Gasteiger partial charge in [0.15, 0.2) is 0 Å². The molecule has 0 N–H and O–H groups in total. The summed E-state index contributed by atoms with van der Waals surface area (Å²) in [5.41, 5.74) is 2.55. The van der Waals surface area contributed by atoms with Crippen molar-refractivity contribution in [3.8, 4) is 0 Å². The van der Waals surface area contributed by atoms with Gasteiger partial charge in [-0.2, -0.15) is 0 Å². The summed E-state index contributed by atoms with van der Waals surface area (Å²) >= 11 is 6.20. The fourth-order valence-corrected chi connectivity index (χ4v) is 1.68. The van der Waals surface area contributed by atoms with E-state index in [2.05, 4.69) is 31.8 Å². The van der Waals surface area contributed by atoms with E-state index in [-0.39, 0.29) is 5.38 Å². The van der Waals surface area contributed by atoms with Gasteiger partial charge < -0.3 is 0 Å². The van der Waals surface area contributed by atoms with Gasteiger partial charge in [0.1, 0.15) is 0 Å². The molecule has 2 atom stereocenters. The predicted octanol–water partition coefficient (Wildman–Crippen LogP) is 3.51. The monoisotopic (exact) mass is 197 g/mol. The highest BCUT2D eigenvalue weighted by Crippen LogP contribution is 2.26. The molecule has 0 aliphatic carbocycles. The van der Waals surface area contributed by atoms with Crippen LogP contribution >= 0.6 is 11.6 Å². The van der Waals surface area contributed by atoms with E-state index in [0.29, 0.717) is 5.92 Å². The minimum Gasteiger partial charge on any atom is -0.264 e. The van der Waals surface area contributed by atoms with Crippen LogP contribution in [0, 0.1) is 6.92 Å². The lowest BCUT2D eigenvalue weighted by atomic mass is 9.94. The minimum atomic E-state index is 0.223. The van der Waals surface area contributed by atoms with Gasteiger partial charge in [-0.3, -0.25) is 4.98 Å². The largest absolute Gasteiger partial charge is 0.264 e. The third kappa shape index (κ3) is 2.44. The Morgan fingerprint density at radius 1 is 1.54 bits per heavy atom. The lowest BCUT2D eigenvalue weighted by Crippen LogP contribution is -2.09. The number of halogens is 1. The number of aryl methyl sites for hydroxylation is 1. The van der Waals surface area contributed by atoms with Crippen molar-refractivity contribution in [2.24, 2.45) is 0 Å². The third-order valence-corrected chi connectivity index (χ3v) is 3.17. The van der Waals surface area contributed by atoms with Gasteiger partial charge in [0, 0.05) is 17.8 Å². The number of hydrogen-bond donors (Lipinski definition) is 0. The van der Waals surface area contributed by atoms with Crippen LogP contribution in [0.3, 0.4) is 0 Å². The second kappa shape index (κ2) is 4.61. The van der Waals surface area contributed by atoms with Gasteiger partial charge in [0.25, 0.3) is 0 Å². The van der Waals surface area contributed by atoms with E-state index in [1.807, 2.05) is 12.4 Å². The van der Waals surface area contributed by atoms with E-state index >= 15 is 0 Å². The van der Waals surface area contributed by atoms with E-state index < -0.39 is 0 Å². The second-order valence-corrected chi connectivity index (χ2v) is 4.01. The summed E-state index contributed by atoms with van der Waals surface area (Å²) in [5.74, 6) is 0.412. The molecule has 13 heavy (non-hydrogen) atoms. The number of alkyl halides is 1. The van der Waals surface area contributed by atoms with Crippen LogP contribution in [0.2, 0.25) is 0 Å². The standard InChI is InChI=1S/C11H16ClN/c1-4-11(12)9(3)10-5-6-13-7-8(10)2/h5-7,9,11H,4H2,1-3H3. The highest BCUT2D eigenvalue weighted by Gasteiger charge is 2.15. The van der Waals surface area contributed by atoms with Crippen molar-refractivity contribution in [2.45, 2.75) is 38.5 Å². The van der Waals surface area contributed by atoms with Gasteiger partial charge in [-0.15, -0.1) is 11.6 Å². The van der Waals surface area contributed by atoms with Crippen LogP contribution in [0.5, 0.6) is 0 Å². The van der Waals surface area contributed by atoms with Crippen LogP contribution < -0.4 is 0 Å². The number of nitrogens with zero attached hydrogens (tertiary/aromatic N) is 1. The van der Waals surface area contributed by atoms with E-state index in [9.17, 15) is 0 Å². The Hall–Kier alpha value is -0.560. The zero-order valence-electron chi connectivity index (χ0n) is 8.42. The maximum Gasteiger partial charge on any atom is 0.0399 e. The van der Waals surface area contributed by atoms with Gasteiger partial charge in [-0.05, 0) is 36.5 Å². The summed E-state index contributed by atoms with van der Waals surface area (Å²) in [4.78, 5) is 4.07. The summed E-state index contributed by atoms with van der Waals surface area (Å²) in [6.45, 7) is 6.37. The number of hydrogen-bond acceptors (Lipinski definition) is 1. The fourth-order valence-electron chi connectivity index (χ4n) is 1.54. The normalized spacial score (nSPS) is 15.4. The maximum absolute atomic E-state index is 6.20. The Bertz CT molecular complexity index is 273. The molecule has 2 heteroatoms. The molecular weight excluding hydrogens is 182 g/mol. The van der Waals surface area contributed by atoms with Crippen LogP contribution in [-0.2, 0) is 0 Å². The van der Waals surface area contributed by atoms with Gasteiger partial charge in [0.2, 0.25) is 0 Å². The van der Waals surface area contributed by atoms with E-state index in [1.54, 1.807) is 0 Å². The molecule has 1 aromatic rings. The molecule has 1 aromatic heterocycles. The number of aromatic nitrogens is 1. The Morgan fingerprint density at radius 3 is 2.77 bits per heavy atom. The predicted molar refractivity (Wildman–Crippen MR) is 57.3 cm³/mol. The summed E-state index contributed by atoms with van der Waals surface area (Å²) in [7, 11) is 0. The maximum atomic E-state index is 6.20. The molecule has 1 heterocycles. The van der Waals surface area contributed by atoms with Crippen LogP contribution in [0.25, 0.3) is 0 Å². The van der Waals surface area contributed by atoms with Gasteiger partial charge in [0.05, 0.1) is 0 Å². The molecule has 72 valence electrons. The van der Waals surface area contributed by atoms with Crippen LogP contribution in [0.1, 0.15) is 37.3 Å². The van der Waals surface area contributed by atoms with Crippen LogP contribution in [0.4, 0.5) is 0 Å². The topological polar surface area (TPSA) is 12.9 Å². The first-order valence-electron chi connectivity index (χ1n) is 4.71. The molecular formula is C11H16ClN. The highest BCUT2D eigenvalue weighted by molar-refractivity contribution is 6.21. The minimum absolute atomic E-state index is 0.223. The Morgan fingerprint density at radius 2 is 2.23 bits per heavy atom. The van der Waals surface area contributed by atoms with Crippen LogP contribution in [-0.4, -0.2) is 10.4 Å². The smallest absolute Gasteiger partial charge is 0.0399 e. The molecule has 0 saturated carbocycles. The summed E-state index contributed by atoms with van der Waals surface area (Å²) in [6.07, 6.45) is 4.73. The lowest BCUT2D eigenvalue weighted by molar-refractivity contribution is 0.670.